The Labute approximate surface area is 158 Å². The molecule has 134 valence electrons. The van der Waals surface area contributed by atoms with E-state index in [0.29, 0.717) is 6.54 Å². The van der Waals surface area contributed by atoms with E-state index >= 15 is 0 Å². The second-order valence-electron chi connectivity index (χ2n) is 6.37. The number of halogens is 1. The lowest BCUT2D eigenvalue weighted by Gasteiger charge is -2.15. The smallest absolute Gasteiger partial charge is 0.319 e. The molecule has 0 aliphatic carbocycles. The molecule has 0 fully saturated rings. The number of nitrogens with one attached hydrogen (secondary N) is 2. The van der Waals surface area contributed by atoms with Gasteiger partial charge in [-0.15, -0.1) is 0 Å². The number of hydrogen-bond acceptors (Lipinski definition) is 2. The Morgan fingerprint density at radius 2 is 1.76 bits per heavy atom. The first-order valence-corrected chi connectivity index (χ1v) is 9.26. The van der Waals surface area contributed by atoms with E-state index in [4.69, 9.17) is 0 Å². The van der Waals surface area contributed by atoms with Gasteiger partial charge in [-0.1, -0.05) is 47.1 Å². The molecule has 2 amide bonds. The van der Waals surface area contributed by atoms with E-state index in [9.17, 15) is 4.79 Å². The van der Waals surface area contributed by atoms with Crippen LogP contribution in [0.5, 0.6) is 0 Å². The van der Waals surface area contributed by atoms with Crippen molar-refractivity contribution in [1.82, 2.24) is 10.2 Å². The third-order valence-corrected chi connectivity index (χ3v) is 4.63. The van der Waals surface area contributed by atoms with E-state index in [1.54, 1.807) is 0 Å². The normalized spacial score (nSPS) is 10.8. The molecule has 0 radical (unpaired) electrons. The minimum absolute atomic E-state index is 0.190. The average molecular weight is 404 g/mol. The highest BCUT2D eigenvalue weighted by atomic mass is 79.9. The van der Waals surface area contributed by atoms with Crippen LogP contribution in [0.2, 0.25) is 0 Å². The van der Waals surface area contributed by atoms with Crippen molar-refractivity contribution in [2.75, 3.05) is 18.9 Å². The van der Waals surface area contributed by atoms with Crippen molar-refractivity contribution in [1.29, 1.82) is 0 Å². The molecule has 0 saturated carbocycles. The molecule has 0 heterocycles. The number of rotatable bonds is 6. The summed E-state index contributed by atoms with van der Waals surface area (Å²) < 4.78 is 1.02. The van der Waals surface area contributed by atoms with E-state index in [2.05, 4.69) is 57.6 Å². The van der Waals surface area contributed by atoms with Crippen LogP contribution >= 0.6 is 15.9 Å². The summed E-state index contributed by atoms with van der Waals surface area (Å²) in [7, 11) is 2.10. The largest absolute Gasteiger partial charge is 0.334 e. The van der Waals surface area contributed by atoms with Gasteiger partial charge in [0.2, 0.25) is 0 Å². The van der Waals surface area contributed by atoms with Crippen molar-refractivity contribution in [3.05, 3.63) is 63.1 Å². The molecule has 2 rings (SSSR count). The van der Waals surface area contributed by atoms with Crippen LogP contribution in [0.3, 0.4) is 0 Å². The fraction of sp³-hybridized carbons (Fsp3) is 0.350. The first kappa shape index (κ1) is 19.5. The van der Waals surface area contributed by atoms with Gasteiger partial charge < -0.3 is 15.5 Å². The number of urea groups is 1. The lowest BCUT2D eigenvalue weighted by molar-refractivity contribution is 0.251. The topological polar surface area (TPSA) is 44.4 Å². The molecule has 0 spiro atoms. The monoisotopic (exact) mass is 403 g/mol. The number of nitrogens with zero attached hydrogens (tertiary/aromatic N) is 1. The molecule has 2 aromatic carbocycles. The molecule has 0 aliphatic rings. The molecule has 4 nitrogen and oxygen atoms in total. The zero-order valence-corrected chi connectivity index (χ0v) is 16.9. The summed E-state index contributed by atoms with van der Waals surface area (Å²) in [5.41, 5.74) is 5.28. The maximum Gasteiger partial charge on any atom is 0.319 e. The standard InChI is InChI=1S/C20H26BrN3O/c1-5-24(4)13-17-8-6-7-16(11-17)12-22-20(25)23-19-14(2)9-18(21)10-15(19)3/h6-11H,5,12-13H2,1-4H3,(H2,22,23,25). The Balaban J connectivity index is 1.95. The predicted octanol–water partition coefficient (Wildman–Crippen LogP) is 4.84. The highest BCUT2D eigenvalue weighted by molar-refractivity contribution is 9.10. The Kier molecular flexibility index (Phi) is 7.02. The summed E-state index contributed by atoms with van der Waals surface area (Å²) >= 11 is 3.47. The minimum atomic E-state index is -0.190. The Hall–Kier alpha value is -1.85. The van der Waals surface area contributed by atoms with Crippen LogP contribution in [0.4, 0.5) is 10.5 Å². The summed E-state index contributed by atoms with van der Waals surface area (Å²) in [6.45, 7) is 8.54. The van der Waals surface area contributed by atoms with Crippen molar-refractivity contribution in [2.24, 2.45) is 0 Å². The van der Waals surface area contributed by atoms with Crippen LogP contribution < -0.4 is 10.6 Å². The predicted molar refractivity (Wildman–Crippen MR) is 108 cm³/mol. The van der Waals surface area contributed by atoms with Gasteiger partial charge in [-0.3, -0.25) is 0 Å². The molecule has 2 N–H and O–H groups in total. The molecule has 5 heteroatoms. The number of aryl methyl sites for hydroxylation is 2. The molecule has 0 aliphatic heterocycles. The fourth-order valence-electron chi connectivity index (χ4n) is 2.71. The maximum atomic E-state index is 12.2. The first-order valence-electron chi connectivity index (χ1n) is 8.47. The highest BCUT2D eigenvalue weighted by Gasteiger charge is 2.08. The van der Waals surface area contributed by atoms with E-state index in [-0.39, 0.29) is 6.03 Å². The second kappa shape index (κ2) is 9.02. The van der Waals surface area contributed by atoms with Crippen LogP contribution in [-0.4, -0.2) is 24.5 Å². The molecule has 0 unspecified atom stereocenters. The van der Waals surface area contributed by atoms with Gasteiger partial charge in [-0.25, -0.2) is 4.79 Å². The number of amides is 2. The molecule has 25 heavy (non-hydrogen) atoms. The van der Waals surface area contributed by atoms with Crippen molar-refractivity contribution >= 4 is 27.6 Å². The van der Waals surface area contributed by atoms with Crippen LogP contribution in [-0.2, 0) is 13.1 Å². The van der Waals surface area contributed by atoms with Gasteiger partial charge >= 0.3 is 6.03 Å². The van der Waals surface area contributed by atoms with Crippen LogP contribution in [0.25, 0.3) is 0 Å². The van der Waals surface area contributed by atoms with Crippen molar-refractivity contribution in [2.45, 2.75) is 33.9 Å². The number of carbonyl (C=O) groups is 1. The van der Waals surface area contributed by atoms with E-state index in [0.717, 1.165) is 39.9 Å². The Morgan fingerprint density at radius 3 is 2.40 bits per heavy atom. The molecule has 0 bridgehead atoms. The Bertz CT molecular complexity index is 722. The van der Waals surface area contributed by atoms with Gasteiger partial charge in [-0.05, 0) is 61.8 Å². The maximum absolute atomic E-state index is 12.2. The van der Waals surface area contributed by atoms with Crippen LogP contribution in [0.1, 0.15) is 29.2 Å². The molecular formula is C20H26BrN3O. The van der Waals surface area contributed by atoms with Crippen molar-refractivity contribution in [3.63, 3.8) is 0 Å². The number of carbonyl (C=O) groups excluding carboxylic acids is 1. The molecule has 0 atom stereocenters. The quantitative estimate of drug-likeness (QED) is 0.724. The third-order valence-electron chi connectivity index (χ3n) is 4.17. The molecule has 0 saturated heterocycles. The first-order chi connectivity index (χ1) is 11.9. The van der Waals surface area contributed by atoms with Gasteiger partial charge in [0.1, 0.15) is 0 Å². The van der Waals surface area contributed by atoms with E-state index in [1.165, 1.54) is 5.56 Å². The summed E-state index contributed by atoms with van der Waals surface area (Å²) in [6, 6.07) is 12.1. The van der Waals surface area contributed by atoms with Gasteiger partial charge in [-0.2, -0.15) is 0 Å². The third kappa shape index (κ3) is 5.87. The van der Waals surface area contributed by atoms with Crippen molar-refractivity contribution in [3.8, 4) is 0 Å². The number of hydrogen-bond donors (Lipinski definition) is 2. The summed E-state index contributed by atoms with van der Waals surface area (Å²) in [5, 5.41) is 5.89. The lowest BCUT2D eigenvalue weighted by atomic mass is 10.1. The average Bonchev–Trinajstić information content (AvgIpc) is 2.56. The zero-order valence-electron chi connectivity index (χ0n) is 15.3. The summed E-state index contributed by atoms with van der Waals surface area (Å²) in [6.07, 6.45) is 0. The van der Waals surface area contributed by atoms with Gasteiger partial charge in [0.25, 0.3) is 0 Å². The summed E-state index contributed by atoms with van der Waals surface area (Å²) in [4.78, 5) is 14.5. The fourth-order valence-corrected chi connectivity index (χ4v) is 3.40. The van der Waals surface area contributed by atoms with Gasteiger partial charge in [0, 0.05) is 23.2 Å². The zero-order chi connectivity index (χ0) is 18.4. The number of anilines is 1. The van der Waals surface area contributed by atoms with E-state index in [1.807, 2.05) is 38.1 Å². The van der Waals surface area contributed by atoms with Crippen LogP contribution in [0, 0.1) is 13.8 Å². The number of benzene rings is 2. The molecule has 2 aromatic rings. The lowest BCUT2D eigenvalue weighted by Crippen LogP contribution is -2.29. The van der Waals surface area contributed by atoms with Gasteiger partial charge in [0.05, 0.1) is 0 Å². The van der Waals surface area contributed by atoms with Crippen LogP contribution in [0.15, 0.2) is 40.9 Å². The van der Waals surface area contributed by atoms with Crippen molar-refractivity contribution < 1.29 is 4.79 Å². The highest BCUT2D eigenvalue weighted by Crippen LogP contribution is 2.24. The van der Waals surface area contributed by atoms with E-state index < -0.39 is 0 Å². The second-order valence-corrected chi connectivity index (χ2v) is 7.29. The molecule has 0 aromatic heterocycles. The Morgan fingerprint density at radius 1 is 1.12 bits per heavy atom. The minimum Gasteiger partial charge on any atom is -0.334 e. The SMILES string of the molecule is CCN(C)Cc1cccc(CNC(=O)Nc2c(C)cc(Br)cc2C)c1. The summed E-state index contributed by atoms with van der Waals surface area (Å²) in [5.74, 6) is 0. The van der Waals surface area contributed by atoms with Gasteiger partial charge in [0.15, 0.2) is 0 Å². The molecular weight excluding hydrogens is 378 g/mol.